The molecule has 0 radical (unpaired) electrons. The first-order chi connectivity index (χ1) is 8.06. The minimum absolute atomic E-state index is 0.387. The van der Waals surface area contributed by atoms with Gasteiger partial charge in [-0.3, -0.25) is 0 Å². The molecule has 110 valence electrons. The van der Waals surface area contributed by atoms with Gasteiger partial charge in [0.25, 0.3) is 0 Å². The Hall–Kier alpha value is -0.0400. The molecule has 1 N–H and O–H groups in total. The zero-order chi connectivity index (χ0) is 14.6. The molecule has 1 heterocycles. The third-order valence-electron chi connectivity index (χ3n) is 5.03. The van der Waals surface area contributed by atoms with Crippen LogP contribution < -0.4 is 5.32 Å². The highest BCUT2D eigenvalue weighted by Crippen LogP contribution is 2.49. The van der Waals surface area contributed by atoms with E-state index in [4.69, 9.17) is 0 Å². The van der Waals surface area contributed by atoms with Gasteiger partial charge in [0.2, 0.25) is 0 Å². The lowest BCUT2D eigenvalue weighted by Gasteiger charge is -2.46. The Morgan fingerprint density at radius 2 is 1.50 bits per heavy atom. The largest absolute Gasteiger partial charge is 0.316 e. The first kappa shape index (κ1) is 18.0. The second kappa shape index (κ2) is 6.41. The standard InChI is InChI=1S/C15H31N.C2H6/c1-13(2,3)15(6,7)12-8-9-16-11-14(4,5)10-12;1-2/h12,16H,8-11H2,1-7H3;1-2H3. The van der Waals surface area contributed by atoms with Crippen molar-refractivity contribution in [1.82, 2.24) is 5.32 Å². The summed E-state index contributed by atoms with van der Waals surface area (Å²) in [7, 11) is 0. The highest BCUT2D eigenvalue weighted by atomic mass is 14.9. The summed E-state index contributed by atoms with van der Waals surface area (Å²) in [6.07, 6.45) is 2.68. The van der Waals surface area contributed by atoms with E-state index < -0.39 is 0 Å². The van der Waals surface area contributed by atoms with Crippen LogP contribution in [0, 0.1) is 22.2 Å². The quantitative estimate of drug-likeness (QED) is 0.686. The van der Waals surface area contributed by atoms with E-state index in [0.29, 0.717) is 16.2 Å². The summed E-state index contributed by atoms with van der Waals surface area (Å²) >= 11 is 0. The van der Waals surface area contributed by atoms with Crippen LogP contribution in [-0.2, 0) is 0 Å². The molecule has 0 saturated carbocycles. The average Bonchev–Trinajstić information content (AvgIpc) is 2.41. The van der Waals surface area contributed by atoms with Crippen LogP contribution in [-0.4, -0.2) is 13.1 Å². The van der Waals surface area contributed by atoms with E-state index in [9.17, 15) is 0 Å². The smallest absolute Gasteiger partial charge is 0.000262 e. The lowest BCUT2D eigenvalue weighted by molar-refractivity contribution is 0.0312. The van der Waals surface area contributed by atoms with Crippen molar-refractivity contribution in [3.05, 3.63) is 0 Å². The summed E-state index contributed by atoms with van der Waals surface area (Å²) in [6.45, 7) is 23.2. The van der Waals surface area contributed by atoms with Crippen molar-refractivity contribution in [3.63, 3.8) is 0 Å². The number of rotatable bonds is 1. The van der Waals surface area contributed by atoms with Gasteiger partial charge in [-0.15, -0.1) is 0 Å². The van der Waals surface area contributed by atoms with Crippen molar-refractivity contribution in [2.75, 3.05) is 13.1 Å². The van der Waals surface area contributed by atoms with Crippen LogP contribution in [0.1, 0.15) is 75.2 Å². The third kappa shape index (κ3) is 4.57. The van der Waals surface area contributed by atoms with Gasteiger partial charge in [0.1, 0.15) is 0 Å². The minimum atomic E-state index is 0.387. The fourth-order valence-corrected chi connectivity index (χ4v) is 2.77. The predicted molar refractivity (Wildman–Crippen MR) is 84.0 cm³/mol. The van der Waals surface area contributed by atoms with Crippen LogP contribution in [0.4, 0.5) is 0 Å². The molecule has 0 aromatic heterocycles. The Labute approximate surface area is 116 Å². The molecular weight excluding hydrogens is 218 g/mol. The summed E-state index contributed by atoms with van der Waals surface area (Å²) in [5, 5.41) is 3.59. The van der Waals surface area contributed by atoms with E-state index in [0.717, 1.165) is 5.92 Å². The molecule has 1 aliphatic heterocycles. The highest BCUT2D eigenvalue weighted by Gasteiger charge is 2.42. The zero-order valence-corrected chi connectivity index (χ0v) is 14.4. The van der Waals surface area contributed by atoms with E-state index in [-0.39, 0.29) is 0 Å². The second-order valence-electron chi connectivity index (χ2n) is 8.00. The molecule has 0 spiro atoms. The Balaban J connectivity index is 0.00000137. The second-order valence-corrected chi connectivity index (χ2v) is 8.00. The molecule has 1 saturated heterocycles. The van der Waals surface area contributed by atoms with Gasteiger partial charge in [-0.1, -0.05) is 62.3 Å². The molecule has 1 fully saturated rings. The molecule has 1 rings (SSSR count). The van der Waals surface area contributed by atoms with Crippen LogP contribution in [0.5, 0.6) is 0 Å². The summed E-state index contributed by atoms with van der Waals surface area (Å²) in [6, 6.07) is 0. The van der Waals surface area contributed by atoms with Crippen LogP contribution >= 0.6 is 0 Å². The lowest BCUT2D eigenvalue weighted by atomic mass is 9.58. The summed E-state index contributed by atoms with van der Waals surface area (Å²) < 4.78 is 0. The Kier molecular flexibility index (Phi) is 6.40. The molecular formula is C17H37N. The molecule has 1 heteroatoms. The Morgan fingerprint density at radius 3 is 1.94 bits per heavy atom. The molecule has 0 aromatic carbocycles. The summed E-state index contributed by atoms with van der Waals surface area (Å²) in [5.74, 6) is 0.831. The van der Waals surface area contributed by atoms with Crippen molar-refractivity contribution >= 4 is 0 Å². The third-order valence-corrected chi connectivity index (χ3v) is 5.03. The SMILES string of the molecule is CC.CC1(C)CNCCC(C(C)(C)C(C)(C)C)C1. The van der Waals surface area contributed by atoms with Gasteiger partial charge in [-0.05, 0) is 41.5 Å². The van der Waals surface area contributed by atoms with Gasteiger partial charge in [0, 0.05) is 6.54 Å². The molecule has 0 amide bonds. The van der Waals surface area contributed by atoms with E-state index >= 15 is 0 Å². The Bertz CT molecular complexity index is 232. The maximum atomic E-state index is 3.59. The zero-order valence-electron chi connectivity index (χ0n) is 14.4. The Morgan fingerprint density at radius 1 is 1.00 bits per heavy atom. The predicted octanol–water partition coefficient (Wildman–Crippen LogP) is 5.11. The maximum absolute atomic E-state index is 3.59. The van der Waals surface area contributed by atoms with Crippen LogP contribution in [0.2, 0.25) is 0 Å². The van der Waals surface area contributed by atoms with Gasteiger partial charge >= 0.3 is 0 Å². The van der Waals surface area contributed by atoms with Crippen molar-refractivity contribution < 1.29 is 0 Å². The average molecular weight is 255 g/mol. The summed E-state index contributed by atoms with van der Waals surface area (Å²) in [4.78, 5) is 0. The molecule has 1 nitrogen and oxygen atoms in total. The maximum Gasteiger partial charge on any atom is 0.000262 e. The van der Waals surface area contributed by atoms with Crippen molar-refractivity contribution in [3.8, 4) is 0 Å². The first-order valence-corrected chi connectivity index (χ1v) is 7.77. The fourth-order valence-electron chi connectivity index (χ4n) is 2.77. The minimum Gasteiger partial charge on any atom is -0.316 e. The summed E-state index contributed by atoms with van der Waals surface area (Å²) in [5.41, 5.74) is 1.25. The van der Waals surface area contributed by atoms with Crippen molar-refractivity contribution in [2.45, 2.75) is 75.2 Å². The molecule has 18 heavy (non-hydrogen) atoms. The van der Waals surface area contributed by atoms with Crippen LogP contribution in [0.3, 0.4) is 0 Å². The van der Waals surface area contributed by atoms with Crippen LogP contribution in [0.25, 0.3) is 0 Å². The highest BCUT2D eigenvalue weighted by molar-refractivity contribution is 4.93. The van der Waals surface area contributed by atoms with Crippen molar-refractivity contribution in [2.24, 2.45) is 22.2 Å². The monoisotopic (exact) mass is 255 g/mol. The van der Waals surface area contributed by atoms with E-state index in [1.54, 1.807) is 0 Å². The molecule has 0 aromatic rings. The van der Waals surface area contributed by atoms with E-state index in [1.165, 1.54) is 25.9 Å². The molecule has 0 aliphatic carbocycles. The van der Waals surface area contributed by atoms with Gasteiger partial charge in [-0.25, -0.2) is 0 Å². The normalized spacial score (nSPS) is 24.8. The first-order valence-electron chi connectivity index (χ1n) is 7.77. The van der Waals surface area contributed by atoms with Gasteiger partial charge in [0.05, 0.1) is 0 Å². The van der Waals surface area contributed by atoms with Gasteiger partial charge in [-0.2, -0.15) is 0 Å². The van der Waals surface area contributed by atoms with Gasteiger partial charge < -0.3 is 5.32 Å². The number of hydrogen-bond donors (Lipinski definition) is 1. The molecule has 1 unspecified atom stereocenters. The van der Waals surface area contributed by atoms with Gasteiger partial charge in [0.15, 0.2) is 0 Å². The lowest BCUT2D eigenvalue weighted by Crippen LogP contribution is -2.39. The topological polar surface area (TPSA) is 12.0 Å². The molecule has 0 bridgehead atoms. The van der Waals surface area contributed by atoms with E-state index in [1.807, 2.05) is 13.8 Å². The molecule has 1 aliphatic rings. The number of nitrogens with one attached hydrogen (secondary N) is 1. The van der Waals surface area contributed by atoms with Crippen LogP contribution in [0.15, 0.2) is 0 Å². The number of hydrogen-bond acceptors (Lipinski definition) is 1. The fraction of sp³-hybridized carbons (Fsp3) is 1.00. The molecule has 1 atom stereocenters. The van der Waals surface area contributed by atoms with Crippen molar-refractivity contribution in [1.29, 1.82) is 0 Å². The van der Waals surface area contributed by atoms with E-state index in [2.05, 4.69) is 53.8 Å².